The highest BCUT2D eigenvalue weighted by molar-refractivity contribution is 5.69. The van der Waals surface area contributed by atoms with E-state index in [4.69, 9.17) is 1.37 Å². The number of rotatable bonds is 2. The molecule has 0 nitrogen and oxygen atoms in total. The van der Waals surface area contributed by atoms with E-state index in [9.17, 15) is 0 Å². The van der Waals surface area contributed by atoms with Crippen molar-refractivity contribution in [3.05, 3.63) is 71.8 Å². The Kier molecular flexibility index (Phi) is 9.22. The molecule has 0 unspecified atom stereocenters. The van der Waals surface area contributed by atoms with Crippen molar-refractivity contribution in [3.63, 3.8) is 0 Å². The van der Waals surface area contributed by atoms with Crippen molar-refractivity contribution in [1.29, 1.82) is 0 Å². The first-order chi connectivity index (χ1) is 9.34. The van der Waals surface area contributed by atoms with E-state index in [-0.39, 0.29) is 0 Å². The average molecular weight is 241 g/mol. The molecule has 0 aromatic heterocycles. The Hall–Kier alpha value is -1.82. The normalized spacial score (nSPS) is 9.67. The first-order valence-electron chi connectivity index (χ1n) is 7.14. The summed E-state index contributed by atoms with van der Waals surface area (Å²) in [7, 11) is 0. The lowest BCUT2D eigenvalue weighted by atomic mass is 10.1. The third-order valence-corrected chi connectivity index (χ3v) is 2.01. The lowest BCUT2D eigenvalue weighted by Gasteiger charge is -1.92. The standard InChI is InChI=1S/C14H12.2C2H6/c1-3-7-13(8-4-1)11-12-14-9-5-2-6-10-14;2*1-2/h1-12H;2*1-2H3/i1D;;. The van der Waals surface area contributed by atoms with Crippen LogP contribution in [0.5, 0.6) is 0 Å². The van der Waals surface area contributed by atoms with E-state index in [2.05, 4.69) is 24.3 Å². The van der Waals surface area contributed by atoms with E-state index in [1.165, 1.54) is 5.56 Å². The van der Waals surface area contributed by atoms with Gasteiger partial charge in [-0.15, -0.1) is 0 Å². The van der Waals surface area contributed by atoms with Crippen molar-refractivity contribution in [1.82, 2.24) is 0 Å². The molecule has 0 bridgehead atoms. The van der Waals surface area contributed by atoms with E-state index >= 15 is 0 Å². The third-order valence-electron chi connectivity index (χ3n) is 2.01. The van der Waals surface area contributed by atoms with Gasteiger partial charge in [0.05, 0.1) is 1.37 Å². The molecule has 2 rings (SSSR count). The van der Waals surface area contributed by atoms with E-state index in [0.29, 0.717) is 6.04 Å². The van der Waals surface area contributed by atoms with Crippen LogP contribution in [0.1, 0.15) is 40.2 Å². The van der Waals surface area contributed by atoms with Gasteiger partial charge in [-0.1, -0.05) is 100 Å². The van der Waals surface area contributed by atoms with Crippen LogP contribution in [-0.2, 0) is 0 Å². The second-order valence-electron chi connectivity index (χ2n) is 3.08. The van der Waals surface area contributed by atoms with Crippen LogP contribution in [0.15, 0.2) is 60.6 Å². The predicted octanol–water partition coefficient (Wildman–Crippen LogP) is 5.91. The smallest absolute Gasteiger partial charge is 0.0623 e. The molecule has 0 heteroatoms. The molecule has 0 atom stereocenters. The molecule has 0 N–H and O–H groups in total. The Morgan fingerprint density at radius 2 is 1.06 bits per heavy atom. The summed E-state index contributed by atoms with van der Waals surface area (Å²) in [6, 6.07) is 18.2. The van der Waals surface area contributed by atoms with Gasteiger partial charge >= 0.3 is 0 Å². The summed E-state index contributed by atoms with van der Waals surface area (Å²) >= 11 is 0. The van der Waals surface area contributed by atoms with Crippen molar-refractivity contribution in [2.75, 3.05) is 0 Å². The van der Waals surface area contributed by atoms with Gasteiger partial charge in [0, 0.05) is 0 Å². The maximum Gasteiger partial charge on any atom is 0.0623 e. The van der Waals surface area contributed by atoms with Gasteiger partial charge in [0.15, 0.2) is 0 Å². The molecule has 0 amide bonds. The van der Waals surface area contributed by atoms with Crippen LogP contribution in [-0.4, -0.2) is 0 Å². The summed E-state index contributed by atoms with van der Waals surface area (Å²) in [5.41, 5.74) is 2.31. The predicted molar refractivity (Wildman–Crippen MR) is 84.5 cm³/mol. The summed E-state index contributed by atoms with van der Waals surface area (Å²) in [5, 5.41) is 0. The zero-order valence-corrected chi connectivity index (χ0v) is 11.9. The van der Waals surface area contributed by atoms with Crippen molar-refractivity contribution in [2.45, 2.75) is 27.7 Å². The van der Waals surface area contributed by atoms with Crippen LogP contribution in [0, 0.1) is 0 Å². The molecule has 0 radical (unpaired) electrons. The van der Waals surface area contributed by atoms with Gasteiger partial charge in [-0.2, -0.15) is 0 Å². The lowest BCUT2D eigenvalue weighted by Crippen LogP contribution is -1.70. The fourth-order valence-electron chi connectivity index (χ4n) is 1.27. The van der Waals surface area contributed by atoms with Crippen molar-refractivity contribution >= 4 is 12.2 Å². The molecule has 0 fully saturated rings. The maximum atomic E-state index is 7.36. The molecule has 0 saturated heterocycles. The molecule has 18 heavy (non-hydrogen) atoms. The molecular weight excluding hydrogens is 216 g/mol. The zero-order valence-electron chi connectivity index (χ0n) is 12.9. The summed E-state index contributed by atoms with van der Waals surface area (Å²) < 4.78 is 7.36. The van der Waals surface area contributed by atoms with Crippen molar-refractivity contribution < 1.29 is 1.37 Å². The highest BCUT2D eigenvalue weighted by atomic mass is 13.9. The van der Waals surface area contributed by atoms with Gasteiger partial charge in [0.25, 0.3) is 0 Å². The zero-order chi connectivity index (χ0) is 14.5. The molecule has 2 aromatic carbocycles. The first-order valence-corrected chi connectivity index (χ1v) is 6.64. The van der Waals surface area contributed by atoms with Gasteiger partial charge in [-0.25, -0.2) is 0 Å². The molecule has 0 spiro atoms. The monoisotopic (exact) mass is 241 g/mol. The molecule has 0 aliphatic heterocycles. The topological polar surface area (TPSA) is 0 Å². The quantitative estimate of drug-likeness (QED) is 0.573. The average Bonchev–Trinajstić information content (AvgIpc) is 2.52. The Morgan fingerprint density at radius 1 is 0.667 bits per heavy atom. The molecule has 0 saturated carbocycles. The molecule has 0 heterocycles. The SMILES string of the molecule is CC.CC.[2H]c1ccc(C=Cc2ccccc2)cc1. The van der Waals surface area contributed by atoms with Gasteiger partial charge in [-0.3, -0.25) is 0 Å². The summed E-state index contributed by atoms with van der Waals surface area (Å²) in [5.74, 6) is 0. The molecule has 2 aromatic rings. The Labute approximate surface area is 113 Å². The maximum absolute atomic E-state index is 7.36. The van der Waals surface area contributed by atoms with Crippen LogP contribution in [0.4, 0.5) is 0 Å². The van der Waals surface area contributed by atoms with E-state index in [0.717, 1.165) is 5.56 Å². The fourth-order valence-corrected chi connectivity index (χ4v) is 1.27. The van der Waals surface area contributed by atoms with E-state index < -0.39 is 0 Å². The van der Waals surface area contributed by atoms with Crippen molar-refractivity contribution in [2.24, 2.45) is 0 Å². The summed E-state index contributed by atoms with van der Waals surface area (Å²) in [6.45, 7) is 8.00. The minimum absolute atomic E-state index is 0.548. The number of benzene rings is 2. The highest BCUT2D eigenvalue weighted by Crippen LogP contribution is 2.06. The third kappa shape index (κ3) is 6.70. The largest absolute Gasteiger partial charge is 0.0683 e. The number of hydrogen-bond acceptors (Lipinski definition) is 0. The van der Waals surface area contributed by atoms with Gasteiger partial charge in [-0.05, 0) is 11.1 Å². The summed E-state index contributed by atoms with van der Waals surface area (Å²) in [4.78, 5) is 0. The fraction of sp³-hybridized carbons (Fsp3) is 0.222. The van der Waals surface area contributed by atoms with Gasteiger partial charge in [0.1, 0.15) is 0 Å². The van der Waals surface area contributed by atoms with Gasteiger partial charge in [0.2, 0.25) is 0 Å². The van der Waals surface area contributed by atoms with E-state index in [1.807, 2.05) is 58.0 Å². The Morgan fingerprint density at radius 3 is 1.50 bits per heavy atom. The van der Waals surface area contributed by atoms with E-state index in [1.54, 1.807) is 12.1 Å². The first kappa shape index (κ1) is 14.2. The van der Waals surface area contributed by atoms with Crippen LogP contribution in [0.3, 0.4) is 0 Å². The van der Waals surface area contributed by atoms with Crippen molar-refractivity contribution in [3.8, 4) is 0 Å². The Bertz CT molecular complexity index is 441. The van der Waals surface area contributed by atoms with Crippen LogP contribution in [0.25, 0.3) is 12.2 Å². The molecule has 0 aliphatic carbocycles. The minimum atomic E-state index is 0.548. The van der Waals surface area contributed by atoms with Crippen LogP contribution in [0.2, 0.25) is 0 Å². The van der Waals surface area contributed by atoms with Crippen LogP contribution < -0.4 is 0 Å². The van der Waals surface area contributed by atoms with Crippen LogP contribution >= 0.6 is 0 Å². The minimum Gasteiger partial charge on any atom is -0.0683 e. The second-order valence-corrected chi connectivity index (χ2v) is 3.08. The summed E-state index contributed by atoms with van der Waals surface area (Å²) in [6.07, 6.45) is 4.12. The number of hydrogen-bond donors (Lipinski definition) is 0. The lowest BCUT2D eigenvalue weighted by molar-refractivity contribution is 1.50. The second kappa shape index (κ2) is 11.7. The molecule has 0 aliphatic rings. The molecule has 96 valence electrons. The Balaban J connectivity index is 0.000000741. The molecular formula is C18H24. The highest BCUT2D eigenvalue weighted by Gasteiger charge is 1.84. The van der Waals surface area contributed by atoms with Gasteiger partial charge < -0.3 is 0 Å².